The number of hydrogen-bond acceptors (Lipinski definition) is 7. The fraction of sp³-hybridized carbons (Fsp3) is 0.353. The quantitative estimate of drug-likeness (QED) is 0.734. The van der Waals surface area contributed by atoms with Gasteiger partial charge in [-0.1, -0.05) is 5.16 Å². The topological polar surface area (TPSA) is 97.5 Å². The summed E-state index contributed by atoms with van der Waals surface area (Å²) in [4.78, 5) is 18.7. The molecule has 1 aliphatic rings. The molecule has 8 nitrogen and oxygen atoms in total. The number of nitrogens with zero attached hydrogens (tertiary/aromatic N) is 3. The van der Waals surface area contributed by atoms with Gasteiger partial charge in [0.15, 0.2) is 17.3 Å². The second kappa shape index (κ2) is 6.94. The average molecular weight is 342 g/mol. The number of rotatable bonds is 6. The molecule has 130 valence electrons. The number of carbonyl (C=O) groups excluding carboxylic acids is 1. The summed E-state index contributed by atoms with van der Waals surface area (Å²) in [6, 6.07) is 6.99. The zero-order chi connectivity index (χ0) is 17.1. The van der Waals surface area contributed by atoms with E-state index in [9.17, 15) is 4.79 Å². The van der Waals surface area contributed by atoms with Crippen molar-refractivity contribution in [2.24, 2.45) is 0 Å². The van der Waals surface area contributed by atoms with Gasteiger partial charge in [-0.25, -0.2) is 0 Å². The van der Waals surface area contributed by atoms with E-state index in [1.54, 1.807) is 18.2 Å². The third kappa shape index (κ3) is 3.63. The largest absolute Gasteiger partial charge is 0.459 e. The molecule has 1 N–H and O–H groups in total. The Hall–Kier alpha value is -2.87. The molecule has 0 unspecified atom stereocenters. The number of amides is 1. The predicted molar refractivity (Wildman–Crippen MR) is 86.4 cm³/mol. The molecule has 3 aromatic heterocycles. The second-order valence-corrected chi connectivity index (χ2v) is 5.92. The van der Waals surface area contributed by atoms with Crippen LogP contribution in [0, 0.1) is 0 Å². The van der Waals surface area contributed by atoms with Gasteiger partial charge in [-0.3, -0.25) is 9.69 Å². The summed E-state index contributed by atoms with van der Waals surface area (Å²) in [7, 11) is 0. The molecule has 3 aromatic rings. The minimum absolute atomic E-state index is 0.144. The first-order valence-electron chi connectivity index (χ1n) is 8.24. The Morgan fingerprint density at radius 2 is 2.12 bits per heavy atom. The lowest BCUT2D eigenvalue weighted by Gasteiger charge is -2.11. The molecule has 0 atom stereocenters. The fourth-order valence-electron chi connectivity index (χ4n) is 2.82. The van der Waals surface area contributed by atoms with Crippen LogP contribution in [0.5, 0.6) is 0 Å². The van der Waals surface area contributed by atoms with E-state index in [1.165, 1.54) is 19.1 Å². The number of carbonyl (C=O) groups is 1. The van der Waals surface area contributed by atoms with Crippen LogP contribution in [-0.2, 0) is 13.1 Å². The zero-order valence-electron chi connectivity index (χ0n) is 13.6. The molecule has 0 aromatic carbocycles. The summed E-state index contributed by atoms with van der Waals surface area (Å²) in [6.07, 6.45) is 3.97. The van der Waals surface area contributed by atoms with Crippen LogP contribution in [0.15, 0.2) is 43.9 Å². The van der Waals surface area contributed by atoms with E-state index in [0.29, 0.717) is 11.6 Å². The molecule has 0 aliphatic carbocycles. The van der Waals surface area contributed by atoms with Crippen molar-refractivity contribution in [1.82, 2.24) is 20.4 Å². The third-order valence-corrected chi connectivity index (χ3v) is 4.07. The van der Waals surface area contributed by atoms with E-state index in [0.717, 1.165) is 25.4 Å². The number of furan rings is 2. The van der Waals surface area contributed by atoms with Gasteiger partial charge >= 0.3 is 0 Å². The van der Waals surface area contributed by atoms with Gasteiger partial charge in [0.25, 0.3) is 11.8 Å². The van der Waals surface area contributed by atoms with Gasteiger partial charge in [0.1, 0.15) is 5.76 Å². The summed E-state index contributed by atoms with van der Waals surface area (Å²) in [5.41, 5.74) is 0. The fourth-order valence-corrected chi connectivity index (χ4v) is 2.82. The first-order chi connectivity index (χ1) is 12.3. The molecule has 1 fully saturated rings. The van der Waals surface area contributed by atoms with Crippen LogP contribution in [0.3, 0.4) is 0 Å². The Labute approximate surface area is 143 Å². The second-order valence-electron chi connectivity index (χ2n) is 5.92. The molecule has 8 heteroatoms. The Morgan fingerprint density at radius 1 is 1.24 bits per heavy atom. The monoisotopic (exact) mass is 342 g/mol. The van der Waals surface area contributed by atoms with Crippen molar-refractivity contribution in [1.29, 1.82) is 0 Å². The van der Waals surface area contributed by atoms with Gasteiger partial charge in [-0.05, 0) is 50.2 Å². The lowest BCUT2D eigenvalue weighted by molar-refractivity contribution is 0.0918. The van der Waals surface area contributed by atoms with Gasteiger partial charge in [-0.15, -0.1) is 0 Å². The van der Waals surface area contributed by atoms with Crippen molar-refractivity contribution in [2.75, 3.05) is 13.1 Å². The predicted octanol–water partition coefficient (Wildman–Crippen LogP) is 2.45. The van der Waals surface area contributed by atoms with Crippen LogP contribution in [0.2, 0.25) is 0 Å². The van der Waals surface area contributed by atoms with Gasteiger partial charge in [0.2, 0.25) is 0 Å². The van der Waals surface area contributed by atoms with E-state index in [4.69, 9.17) is 13.4 Å². The highest BCUT2D eigenvalue weighted by Crippen LogP contribution is 2.17. The lowest BCUT2D eigenvalue weighted by Crippen LogP contribution is -2.23. The van der Waals surface area contributed by atoms with Crippen LogP contribution >= 0.6 is 0 Å². The molecular formula is C17H18N4O4. The summed E-state index contributed by atoms with van der Waals surface area (Å²) in [5, 5.41) is 6.53. The Bertz CT molecular complexity index is 831. The van der Waals surface area contributed by atoms with Crippen molar-refractivity contribution >= 4 is 5.91 Å². The van der Waals surface area contributed by atoms with Gasteiger partial charge in [0, 0.05) is 0 Å². The number of nitrogens with one attached hydrogen (secondary N) is 1. The van der Waals surface area contributed by atoms with Crippen molar-refractivity contribution < 1.29 is 18.2 Å². The van der Waals surface area contributed by atoms with E-state index >= 15 is 0 Å². The van der Waals surface area contributed by atoms with E-state index < -0.39 is 0 Å². The molecule has 1 aliphatic heterocycles. The summed E-state index contributed by atoms with van der Waals surface area (Å²) in [5.74, 6) is 1.90. The highest BCUT2D eigenvalue weighted by Gasteiger charge is 2.17. The normalized spacial score (nSPS) is 14.9. The molecule has 25 heavy (non-hydrogen) atoms. The lowest BCUT2D eigenvalue weighted by atomic mass is 10.4. The zero-order valence-corrected chi connectivity index (χ0v) is 13.6. The first-order valence-corrected chi connectivity index (χ1v) is 8.24. The van der Waals surface area contributed by atoms with Gasteiger partial charge < -0.3 is 18.7 Å². The summed E-state index contributed by atoms with van der Waals surface area (Å²) < 4.78 is 15.9. The summed E-state index contributed by atoms with van der Waals surface area (Å²) >= 11 is 0. The molecule has 1 saturated heterocycles. The van der Waals surface area contributed by atoms with E-state index in [1.807, 2.05) is 6.07 Å². The first kappa shape index (κ1) is 15.6. The molecule has 1 amide bonds. The molecule has 4 rings (SSSR count). The minimum Gasteiger partial charge on any atom is -0.459 e. The molecule has 0 radical (unpaired) electrons. The Morgan fingerprint density at radius 3 is 2.92 bits per heavy atom. The molecular weight excluding hydrogens is 324 g/mol. The highest BCUT2D eigenvalue weighted by molar-refractivity contribution is 5.91. The Kier molecular flexibility index (Phi) is 4.34. The van der Waals surface area contributed by atoms with Crippen LogP contribution in [0.25, 0.3) is 11.7 Å². The van der Waals surface area contributed by atoms with Crippen molar-refractivity contribution in [3.63, 3.8) is 0 Å². The molecule has 0 saturated carbocycles. The number of likely N-dealkylation sites (tertiary alicyclic amines) is 1. The minimum atomic E-state index is -0.308. The Balaban J connectivity index is 1.32. The SMILES string of the molecule is O=C(NCc1noc(-c2ccco2)n1)c1ccc(CN2CCCC2)o1. The molecule has 4 heterocycles. The number of hydrogen-bond donors (Lipinski definition) is 1. The van der Waals surface area contributed by atoms with Crippen molar-refractivity contribution in [3.8, 4) is 11.7 Å². The maximum atomic E-state index is 12.2. The molecule has 0 spiro atoms. The smallest absolute Gasteiger partial charge is 0.293 e. The van der Waals surface area contributed by atoms with Crippen LogP contribution < -0.4 is 5.32 Å². The van der Waals surface area contributed by atoms with Gasteiger partial charge in [-0.2, -0.15) is 4.98 Å². The van der Waals surface area contributed by atoms with Crippen LogP contribution in [0.4, 0.5) is 0 Å². The maximum Gasteiger partial charge on any atom is 0.293 e. The van der Waals surface area contributed by atoms with Crippen LogP contribution in [0.1, 0.15) is 35.0 Å². The maximum absolute atomic E-state index is 12.2. The number of aromatic nitrogens is 2. The highest BCUT2D eigenvalue weighted by atomic mass is 16.5. The van der Waals surface area contributed by atoms with Crippen molar-refractivity contribution in [3.05, 3.63) is 47.9 Å². The molecule has 0 bridgehead atoms. The van der Waals surface area contributed by atoms with E-state index in [-0.39, 0.29) is 24.1 Å². The average Bonchev–Trinajstić information content (AvgIpc) is 3.39. The standard InChI is InChI=1S/C17H18N4O4/c22-16(13-6-5-12(24-13)11-21-7-1-2-8-21)18-10-15-19-17(25-20-15)14-4-3-9-23-14/h3-6,9H,1-2,7-8,10-11H2,(H,18,22). The van der Waals surface area contributed by atoms with Crippen molar-refractivity contribution in [2.45, 2.75) is 25.9 Å². The van der Waals surface area contributed by atoms with Crippen LogP contribution in [-0.4, -0.2) is 34.0 Å². The third-order valence-electron chi connectivity index (χ3n) is 4.07. The summed E-state index contributed by atoms with van der Waals surface area (Å²) in [6.45, 7) is 3.05. The van der Waals surface area contributed by atoms with E-state index in [2.05, 4.69) is 20.4 Å². The van der Waals surface area contributed by atoms with Gasteiger partial charge in [0.05, 0.1) is 19.4 Å².